The van der Waals surface area contributed by atoms with Crippen LogP contribution in [0.3, 0.4) is 0 Å². The largest absolute Gasteiger partial charge is 0.345 e. The lowest BCUT2D eigenvalue weighted by Crippen LogP contribution is -2.35. The lowest BCUT2D eigenvalue weighted by Gasteiger charge is -2.23. The molecule has 0 atom stereocenters. The normalized spacial score (nSPS) is 16.2. The van der Waals surface area contributed by atoms with Crippen LogP contribution in [0.15, 0.2) is 45.8 Å². The molecule has 2 heterocycles. The van der Waals surface area contributed by atoms with E-state index in [1.54, 1.807) is 11.4 Å². The number of hydrogen-bond acceptors (Lipinski definition) is 5. The lowest BCUT2D eigenvalue weighted by atomic mass is 10.2. The van der Waals surface area contributed by atoms with Crippen LogP contribution in [-0.2, 0) is 15.0 Å². The first kappa shape index (κ1) is 17.5. The summed E-state index contributed by atoms with van der Waals surface area (Å²) in [5.41, 5.74) is 0.470. The number of halogens is 2. The molecule has 3 rings (SSSR count). The number of benzene rings is 1. The average Bonchev–Trinajstić information content (AvgIpc) is 3.07. The maximum atomic E-state index is 13.2. The maximum Gasteiger partial charge on any atom is 0.345 e. The van der Waals surface area contributed by atoms with Gasteiger partial charge in [0.25, 0.3) is 5.91 Å². The third-order valence-electron chi connectivity index (χ3n) is 3.28. The minimum Gasteiger partial charge on any atom is -0.321 e. The van der Waals surface area contributed by atoms with Gasteiger partial charge in [0.05, 0.1) is 5.02 Å². The fourth-order valence-electron chi connectivity index (χ4n) is 2.00. The Morgan fingerprint density at radius 3 is 2.76 bits per heavy atom. The molecule has 1 aliphatic heterocycles. The van der Waals surface area contributed by atoms with E-state index >= 15 is 0 Å². The Labute approximate surface area is 151 Å². The summed E-state index contributed by atoms with van der Waals surface area (Å²) in [6.45, 7) is 0. The second kappa shape index (κ2) is 6.54. The molecule has 11 heteroatoms. The van der Waals surface area contributed by atoms with E-state index in [2.05, 4.69) is 14.1 Å². The summed E-state index contributed by atoms with van der Waals surface area (Å²) in [4.78, 5) is 12.5. The van der Waals surface area contributed by atoms with Gasteiger partial charge in [-0.3, -0.25) is 4.79 Å². The highest BCUT2D eigenvalue weighted by Crippen LogP contribution is 2.23. The Bertz CT molecular complexity index is 1000. The number of nitrogens with one attached hydrogen (secondary N) is 1. The molecule has 0 spiro atoms. The van der Waals surface area contributed by atoms with E-state index in [9.17, 15) is 17.6 Å². The Morgan fingerprint density at radius 1 is 1.36 bits per heavy atom. The van der Waals surface area contributed by atoms with E-state index in [0.717, 1.165) is 21.9 Å². The molecule has 1 amide bonds. The van der Waals surface area contributed by atoms with Crippen LogP contribution in [0.25, 0.3) is 0 Å². The van der Waals surface area contributed by atoms with Crippen molar-refractivity contribution < 1.29 is 17.6 Å². The molecule has 0 radical (unpaired) electrons. The molecule has 0 bridgehead atoms. The molecular formula is C14H10ClFN4O3S2. The van der Waals surface area contributed by atoms with Gasteiger partial charge in [-0.05, 0) is 41.9 Å². The van der Waals surface area contributed by atoms with E-state index in [1.165, 1.54) is 25.3 Å². The first-order chi connectivity index (χ1) is 11.8. The number of anilines is 1. The average molecular weight is 401 g/mol. The summed E-state index contributed by atoms with van der Waals surface area (Å²) in [5, 5.41) is 3.97. The SMILES string of the molecule is CN1C(C(=O)Nc2ccc(F)c(Cl)c2)=CC(c2ccsn2)=NS1(=O)=O. The molecule has 0 aliphatic carbocycles. The van der Waals surface area contributed by atoms with Gasteiger partial charge >= 0.3 is 10.2 Å². The zero-order valence-electron chi connectivity index (χ0n) is 12.6. The van der Waals surface area contributed by atoms with Crippen molar-refractivity contribution in [2.45, 2.75) is 0 Å². The molecule has 7 nitrogen and oxygen atoms in total. The van der Waals surface area contributed by atoms with Crippen molar-refractivity contribution in [1.29, 1.82) is 0 Å². The lowest BCUT2D eigenvalue weighted by molar-refractivity contribution is -0.113. The summed E-state index contributed by atoms with van der Waals surface area (Å²) >= 11 is 6.80. The van der Waals surface area contributed by atoms with Crippen molar-refractivity contribution in [3.8, 4) is 0 Å². The number of rotatable bonds is 3. The zero-order valence-corrected chi connectivity index (χ0v) is 15.0. The van der Waals surface area contributed by atoms with Gasteiger partial charge < -0.3 is 5.32 Å². The van der Waals surface area contributed by atoms with Crippen LogP contribution in [0.1, 0.15) is 5.69 Å². The molecule has 0 saturated heterocycles. The third kappa shape index (κ3) is 3.55. The fourth-order valence-corrected chi connectivity index (χ4v) is 3.60. The van der Waals surface area contributed by atoms with E-state index in [1.807, 2.05) is 0 Å². The summed E-state index contributed by atoms with van der Waals surface area (Å²) in [7, 11) is -2.86. The van der Waals surface area contributed by atoms with Crippen LogP contribution in [0.2, 0.25) is 5.02 Å². The fraction of sp³-hybridized carbons (Fsp3) is 0.0714. The maximum absolute atomic E-state index is 13.2. The molecule has 1 aliphatic rings. The van der Waals surface area contributed by atoms with Crippen LogP contribution in [-0.4, -0.2) is 35.8 Å². The van der Waals surface area contributed by atoms with Gasteiger partial charge in [-0.1, -0.05) is 11.6 Å². The van der Waals surface area contributed by atoms with Crippen LogP contribution in [0.4, 0.5) is 10.1 Å². The summed E-state index contributed by atoms with van der Waals surface area (Å²) in [5.74, 6) is -1.34. The van der Waals surface area contributed by atoms with Crippen molar-refractivity contribution in [3.63, 3.8) is 0 Å². The highest BCUT2D eigenvalue weighted by molar-refractivity contribution is 7.88. The van der Waals surface area contributed by atoms with E-state index in [4.69, 9.17) is 11.6 Å². The molecule has 0 unspecified atom stereocenters. The predicted molar refractivity (Wildman–Crippen MR) is 93.5 cm³/mol. The first-order valence-electron chi connectivity index (χ1n) is 6.75. The molecule has 25 heavy (non-hydrogen) atoms. The van der Waals surface area contributed by atoms with Gasteiger partial charge in [-0.15, -0.1) is 4.40 Å². The molecule has 0 fully saturated rings. The smallest absolute Gasteiger partial charge is 0.321 e. The number of nitrogens with zero attached hydrogens (tertiary/aromatic N) is 3. The third-order valence-corrected chi connectivity index (χ3v) is 5.45. The number of aromatic nitrogens is 1. The quantitative estimate of drug-likeness (QED) is 0.856. The number of likely N-dealkylation sites (N-methyl/N-ethyl adjacent to an activating group) is 1. The molecule has 0 saturated carbocycles. The van der Waals surface area contributed by atoms with Gasteiger partial charge in [0.1, 0.15) is 22.9 Å². The van der Waals surface area contributed by atoms with E-state index < -0.39 is 21.9 Å². The first-order valence-corrected chi connectivity index (χ1v) is 9.37. The van der Waals surface area contributed by atoms with Gasteiger partial charge in [0, 0.05) is 18.1 Å². The second-order valence-corrected chi connectivity index (χ2v) is 7.62. The summed E-state index contributed by atoms with van der Waals surface area (Å²) < 4.78 is 46.0. The summed E-state index contributed by atoms with van der Waals surface area (Å²) in [6.07, 6.45) is 1.32. The molecule has 1 aromatic carbocycles. The Balaban J connectivity index is 1.94. The molecule has 130 valence electrons. The van der Waals surface area contributed by atoms with Gasteiger partial charge in [-0.2, -0.15) is 12.8 Å². The van der Waals surface area contributed by atoms with Crippen LogP contribution in [0, 0.1) is 5.82 Å². The monoisotopic (exact) mass is 400 g/mol. The Hall–Kier alpha value is -2.30. The number of amides is 1. The summed E-state index contributed by atoms with van der Waals surface area (Å²) in [6, 6.07) is 5.22. The highest BCUT2D eigenvalue weighted by Gasteiger charge is 2.30. The van der Waals surface area contributed by atoms with Gasteiger partial charge in [0.2, 0.25) is 0 Å². The number of allylic oxidation sites excluding steroid dienone is 1. The number of hydrogen-bond donors (Lipinski definition) is 1. The number of carbonyl (C=O) groups excluding carboxylic acids is 1. The minimum absolute atomic E-state index is 0.0571. The highest BCUT2D eigenvalue weighted by atomic mass is 35.5. The van der Waals surface area contributed by atoms with Crippen molar-refractivity contribution in [2.75, 3.05) is 12.4 Å². The molecule has 1 aromatic heterocycles. The van der Waals surface area contributed by atoms with Crippen molar-refractivity contribution in [3.05, 3.63) is 58.0 Å². The van der Waals surface area contributed by atoms with Crippen molar-refractivity contribution in [2.24, 2.45) is 4.40 Å². The van der Waals surface area contributed by atoms with Crippen molar-refractivity contribution >= 4 is 50.6 Å². The van der Waals surface area contributed by atoms with Gasteiger partial charge in [0.15, 0.2) is 0 Å². The van der Waals surface area contributed by atoms with E-state index in [0.29, 0.717) is 5.69 Å². The Kier molecular flexibility index (Phi) is 4.58. The topological polar surface area (TPSA) is 91.7 Å². The van der Waals surface area contributed by atoms with Crippen LogP contribution < -0.4 is 5.32 Å². The van der Waals surface area contributed by atoms with Crippen LogP contribution in [0.5, 0.6) is 0 Å². The van der Waals surface area contributed by atoms with Crippen molar-refractivity contribution in [1.82, 2.24) is 8.68 Å². The predicted octanol–water partition coefficient (Wildman–Crippen LogP) is 2.44. The second-order valence-electron chi connectivity index (χ2n) is 4.92. The Morgan fingerprint density at radius 2 is 2.12 bits per heavy atom. The van der Waals surface area contributed by atoms with E-state index in [-0.39, 0.29) is 22.1 Å². The molecule has 2 aromatic rings. The van der Waals surface area contributed by atoms with Gasteiger partial charge in [-0.25, -0.2) is 8.70 Å². The van der Waals surface area contributed by atoms with Crippen LogP contribution >= 0.6 is 23.1 Å². The zero-order chi connectivity index (χ0) is 18.2. The molecular weight excluding hydrogens is 391 g/mol. The minimum atomic E-state index is -4.07. The molecule has 1 N–H and O–H groups in total. The standard InChI is InChI=1S/C14H10ClFN4O3S2/c1-20-13(14(21)17-8-2-3-10(16)9(15)6-8)7-12(19-25(20,22)23)11-4-5-24-18-11/h2-7H,1H3,(H,17,21). The number of carbonyl (C=O) groups is 1.